The molecule has 0 saturated heterocycles. The van der Waals surface area contributed by atoms with Gasteiger partial charge in [-0.2, -0.15) is 5.26 Å². The third-order valence-electron chi connectivity index (χ3n) is 2.22. The Bertz CT molecular complexity index is 469. The smallest absolute Gasteiger partial charge is 0.292 e. The van der Waals surface area contributed by atoms with Crippen molar-refractivity contribution in [3.8, 4) is 17.4 Å². The highest BCUT2D eigenvalue weighted by Crippen LogP contribution is 2.36. The molecular weight excluding hydrogens is 208 g/mol. The zero-order valence-corrected chi connectivity index (χ0v) is 9.60. The van der Waals surface area contributed by atoms with Crippen molar-refractivity contribution in [2.45, 2.75) is 25.7 Å². The van der Waals surface area contributed by atoms with Crippen molar-refractivity contribution >= 4 is 11.8 Å². The number of nitriles is 2. The summed E-state index contributed by atoms with van der Waals surface area (Å²) in [6.07, 6.45) is 1.66. The molecule has 3 nitrogen and oxygen atoms in total. The Morgan fingerprint density at radius 2 is 1.87 bits per heavy atom. The Kier molecular flexibility index (Phi) is 3.60. The van der Waals surface area contributed by atoms with E-state index in [1.807, 2.05) is 32.2 Å². The largest absolute Gasteiger partial charge is 0.386 e. The van der Waals surface area contributed by atoms with E-state index in [1.54, 1.807) is 6.26 Å². The van der Waals surface area contributed by atoms with Gasteiger partial charge in [0, 0.05) is 0 Å². The van der Waals surface area contributed by atoms with Gasteiger partial charge in [-0.15, -0.1) is 5.26 Å². The predicted molar refractivity (Wildman–Crippen MR) is 58.4 cm³/mol. The van der Waals surface area contributed by atoms with Gasteiger partial charge in [0.25, 0.3) is 6.26 Å². The lowest BCUT2D eigenvalue weighted by atomic mass is 10.1. The monoisotopic (exact) mass is 218 g/mol. The molecule has 15 heavy (non-hydrogen) atoms. The lowest BCUT2D eigenvalue weighted by Gasteiger charge is -2.11. The van der Waals surface area contributed by atoms with Crippen molar-refractivity contribution in [2.75, 3.05) is 0 Å². The number of benzene rings is 1. The molecule has 76 valence electrons. The van der Waals surface area contributed by atoms with Crippen molar-refractivity contribution < 1.29 is 4.74 Å². The van der Waals surface area contributed by atoms with Crippen LogP contribution in [0.25, 0.3) is 0 Å². The van der Waals surface area contributed by atoms with Gasteiger partial charge in [0.2, 0.25) is 0 Å². The molecule has 1 aromatic carbocycles. The average Bonchev–Trinajstić information content (AvgIpc) is 2.20. The van der Waals surface area contributed by atoms with Gasteiger partial charge in [-0.25, -0.2) is 0 Å². The van der Waals surface area contributed by atoms with Gasteiger partial charge in [0.1, 0.15) is 5.40 Å². The second-order valence-electron chi connectivity index (χ2n) is 3.18. The fourth-order valence-corrected chi connectivity index (χ4v) is 1.97. The summed E-state index contributed by atoms with van der Waals surface area (Å²) in [6.45, 7) is 5.73. The predicted octanol–water partition coefficient (Wildman–Crippen LogP) is 3.04. The highest BCUT2D eigenvalue weighted by atomic mass is 32.2. The summed E-state index contributed by atoms with van der Waals surface area (Å²) in [6, 6.07) is 1.99. The molecule has 0 aliphatic carbocycles. The number of hydrogen-bond donors (Lipinski definition) is 0. The lowest BCUT2D eigenvalue weighted by Crippen LogP contribution is -1.94. The number of nitrogens with zero attached hydrogens (tertiary/aromatic N) is 2. The van der Waals surface area contributed by atoms with Gasteiger partial charge in [0.05, 0.1) is 4.90 Å². The molecule has 0 aliphatic heterocycles. The molecule has 0 aliphatic rings. The number of hydrogen-bond acceptors (Lipinski definition) is 4. The minimum absolute atomic E-state index is 0.501. The van der Waals surface area contributed by atoms with Crippen molar-refractivity contribution in [3.05, 3.63) is 22.8 Å². The van der Waals surface area contributed by atoms with Gasteiger partial charge >= 0.3 is 0 Å². The Hall–Kier alpha value is -1.65. The zero-order chi connectivity index (χ0) is 11.4. The lowest BCUT2D eigenvalue weighted by molar-refractivity contribution is 0.489. The normalized spacial score (nSPS) is 9.13. The molecule has 0 amide bonds. The Morgan fingerprint density at radius 3 is 2.40 bits per heavy atom. The summed E-state index contributed by atoms with van der Waals surface area (Å²) < 4.78 is 4.92. The quantitative estimate of drug-likeness (QED) is 0.565. The number of rotatable bonds is 2. The van der Waals surface area contributed by atoms with Crippen molar-refractivity contribution in [1.82, 2.24) is 0 Å². The topological polar surface area (TPSA) is 56.8 Å². The molecule has 0 fully saturated rings. The minimum atomic E-state index is 0.501. The molecule has 0 radical (unpaired) electrons. The highest BCUT2D eigenvalue weighted by Gasteiger charge is 2.13. The van der Waals surface area contributed by atoms with Gasteiger partial charge in [-0.05, 0) is 49.2 Å². The van der Waals surface area contributed by atoms with E-state index in [9.17, 15) is 0 Å². The van der Waals surface area contributed by atoms with Gasteiger partial charge in [0.15, 0.2) is 5.75 Å². The average molecular weight is 218 g/mol. The van der Waals surface area contributed by atoms with E-state index in [1.165, 1.54) is 0 Å². The standard InChI is InChI=1S/C11H10N2OS/c1-7-4-8(2)11(15-6-13)10(9(7)3)14-5-12/h4H,1-3H3. The fraction of sp³-hybridized carbons (Fsp3) is 0.273. The highest BCUT2D eigenvalue weighted by molar-refractivity contribution is 8.03. The van der Waals surface area contributed by atoms with Crippen LogP contribution in [0.1, 0.15) is 16.7 Å². The number of thioether (sulfide) groups is 1. The van der Waals surface area contributed by atoms with Crippen LogP contribution in [-0.4, -0.2) is 0 Å². The Balaban J connectivity index is 3.42. The molecule has 0 atom stereocenters. The summed E-state index contributed by atoms with van der Waals surface area (Å²) in [5.74, 6) is 0.501. The van der Waals surface area contributed by atoms with Crippen LogP contribution in [0, 0.1) is 43.0 Å². The van der Waals surface area contributed by atoms with E-state index in [4.69, 9.17) is 15.3 Å². The van der Waals surface area contributed by atoms with E-state index in [2.05, 4.69) is 0 Å². The molecule has 4 heteroatoms. The molecule has 0 N–H and O–H groups in total. The SMILES string of the molecule is Cc1cc(C)c(SC#N)c(OC#N)c1C. The van der Waals surface area contributed by atoms with Crippen LogP contribution in [0.15, 0.2) is 11.0 Å². The molecule has 0 spiro atoms. The first-order chi connectivity index (χ1) is 7.11. The van der Waals surface area contributed by atoms with Crippen molar-refractivity contribution in [3.63, 3.8) is 0 Å². The van der Waals surface area contributed by atoms with Gasteiger partial charge in [-0.1, -0.05) is 6.07 Å². The maximum Gasteiger partial charge on any atom is 0.292 e. The van der Waals surface area contributed by atoms with Crippen LogP contribution in [-0.2, 0) is 0 Å². The minimum Gasteiger partial charge on any atom is -0.386 e. The molecular formula is C11H10N2OS. The number of aryl methyl sites for hydroxylation is 2. The second-order valence-corrected chi connectivity index (χ2v) is 3.98. The second kappa shape index (κ2) is 4.72. The molecule has 0 saturated carbocycles. The summed E-state index contributed by atoms with van der Waals surface area (Å²) in [4.78, 5) is 0.724. The summed E-state index contributed by atoms with van der Waals surface area (Å²) in [7, 11) is 0. The third kappa shape index (κ3) is 2.23. The molecule has 0 aromatic heterocycles. The first-order valence-corrected chi connectivity index (χ1v) is 5.16. The van der Waals surface area contributed by atoms with Crippen LogP contribution in [0.2, 0.25) is 0 Å². The summed E-state index contributed by atoms with van der Waals surface area (Å²) >= 11 is 1.02. The Morgan fingerprint density at radius 1 is 1.20 bits per heavy atom. The summed E-state index contributed by atoms with van der Waals surface area (Å²) in [5, 5.41) is 19.2. The van der Waals surface area contributed by atoms with Crippen LogP contribution in [0.5, 0.6) is 5.75 Å². The molecule has 0 unspecified atom stereocenters. The van der Waals surface area contributed by atoms with Crippen molar-refractivity contribution in [2.24, 2.45) is 0 Å². The fourth-order valence-electron chi connectivity index (χ4n) is 1.37. The van der Waals surface area contributed by atoms with Crippen LogP contribution < -0.4 is 4.74 Å². The van der Waals surface area contributed by atoms with Crippen molar-refractivity contribution in [1.29, 1.82) is 10.5 Å². The Labute approximate surface area is 93.3 Å². The molecule has 0 bridgehead atoms. The van der Waals surface area contributed by atoms with Gasteiger partial charge in [-0.3, -0.25) is 0 Å². The number of ether oxygens (including phenoxy) is 1. The zero-order valence-electron chi connectivity index (χ0n) is 8.79. The van der Waals surface area contributed by atoms with E-state index >= 15 is 0 Å². The van der Waals surface area contributed by atoms with Crippen LogP contribution in [0.4, 0.5) is 0 Å². The molecule has 1 rings (SSSR count). The maximum absolute atomic E-state index is 8.67. The van der Waals surface area contributed by atoms with Gasteiger partial charge < -0.3 is 4.74 Å². The van der Waals surface area contributed by atoms with E-state index in [-0.39, 0.29) is 0 Å². The van der Waals surface area contributed by atoms with Crippen LogP contribution in [0.3, 0.4) is 0 Å². The molecule has 0 heterocycles. The number of thiocyanates is 1. The first kappa shape index (κ1) is 11.4. The first-order valence-electron chi connectivity index (χ1n) is 4.34. The summed E-state index contributed by atoms with van der Waals surface area (Å²) in [5.41, 5.74) is 2.91. The van der Waals surface area contributed by atoms with Crippen LogP contribution >= 0.6 is 11.8 Å². The maximum atomic E-state index is 8.67. The van der Waals surface area contributed by atoms with E-state index in [0.29, 0.717) is 5.75 Å². The van der Waals surface area contributed by atoms with E-state index < -0.39 is 0 Å². The van der Waals surface area contributed by atoms with E-state index in [0.717, 1.165) is 33.3 Å². The molecule has 1 aromatic rings. The third-order valence-corrected chi connectivity index (χ3v) is 3.03.